The zero-order chi connectivity index (χ0) is 9.19. The third-order valence-electron chi connectivity index (χ3n) is 1.11. The summed E-state index contributed by atoms with van der Waals surface area (Å²) in [4.78, 5) is 0. The first-order valence-electron chi connectivity index (χ1n) is 3.08. The molecule has 0 unspecified atom stereocenters. The third kappa shape index (κ3) is 3.29. The lowest BCUT2D eigenvalue weighted by molar-refractivity contribution is -0.0999. The molecule has 5 heteroatoms. The molecule has 1 aromatic carbocycles. The summed E-state index contributed by atoms with van der Waals surface area (Å²) < 4.78 is 36.0. The number of halogens is 4. The molecule has 1 N–H and O–H groups in total. The SMILES string of the molecule is FC(F)(F)Nc1cccc(I)c1. The number of hydrogen-bond acceptors (Lipinski definition) is 1. The summed E-state index contributed by atoms with van der Waals surface area (Å²) in [5, 5.41) is 1.42. The Morgan fingerprint density at radius 2 is 1.92 bits per heavy atom. The number of nitrogens with one attached hydrogen (secondary N) is 1. The molecule has 1 nitrogen and oxygen atoms in total. The molecule has 12 heavy (non-hydrogen) atoms. The minimum Gasteiger partial charge on any atom is -0.297 e. The minimum atomic E-state index is -4.36. The quantitative estimate of drug-likeness (QED) is 0.617. The van der Waals surface area contributed by atoms with Crippen LogP contribution in [-0.4, -0.2) is 6.30 Å². The van der Waals surface area contributed by atoms with Crippen molar-refractivity contribution in [1.82, 2.24) is 0 Å². The average molecular weight is 287 g/mol. The normalized spacial score (nSPS) is 11.3. The molecule has 1 aromatic rings. The minimum absolute atomic E-state index is 0.0643. The van der Waals surface area contributed by atoms with Gasteiger partial charge in [0.1, 0.15) is 0 Å². The van der Waals surface area contributed by atoms with Crippen molar-refractivity contribution in [2.24, 2.45) is 0 Å². The van der Waals surface area contributed by atoms with Gasteiger partial charge in [0.15, 0.2) is 0 Å². The van der Waals surface area contributed by atoms with Crippen LogP contribution in [0.4, 0.5) is 18.9 Å². The van der Waals surface area contributed by atoms with Crippen LogP contribution in [0.15, 0.2) is 24.3 Å². The van der Waals surface area contributed by atoms with Gasteiger partial charge < -0.3 is 0 Å². The summed E-state index contributed by atoms with van der Waals surface area (Å²) in [7, 11) is 0. The van der Waals surface area contributed by atoms with Gasteiger partial charge in [-0.3, -0.25) is 5.32 Å². The van der Waals surface area contributed by atoms with Gasteiger partial charge in [-0.15, -0.1) is 0 Å². The van der Waals surface area contributed by atoms with Crippen LogP contribution in [0.25, 0.3) is 0 Å². The first-order valence-corrected chi connectivity index (χ1v) is 4.16. The fraction of sp³-hybridized carbons (Fsp3) is 0.143. The second-order valence-electron chi connectivity index (χ2n) is 2.13. The lowest BCUT2D eigenvalue weighted by Crippen LogP contribution is -2.20. The monoisotopic (exact) mass is 287 g/mol. The van der Waals surface area contributed by atoms with Crippen LogP contribution in [0.2, 0.25) is 0 Å². The highest BCUT2D eigenvalue weighted by molar-refractivity contribution is 14.1. The predicted molar refractivity (Wildman–Crippen MR) is 48.8 cm³/mol. The van der Waals surface area contributed by atoms with Gasteiger partial charge in [0.25, 0.3) is 0 Å². The number of anilines is 1. The highest BCUT2D eigenvalue weighted by atomic mass is 127. The number of rotatable bonds is 1. The van der Waals surface area contributed by atoms with E-state index in [0.29, 0.717) is 0 Å². The Hall–Kier alpha value is -0.460. The summed E-state index contributed by atoms with van der Waals surface area (Å²) in [6.45, 7) is 0. The van der Waals surface area contributed by atoms with Crippen molar-refractivity contribution in [2.45, 2.75) is 6.30 Å². The maximum atomic E-state index is 11.8. The van der Waals surface area contributed by atoms with Crippen molar-refractivity contribution in [1.29, 1.82) is 0 Å². The van der Waals surface area contributed by atoms with Crippen molar-refractivity contribution in [3.63, 3.8) is 0 Å². The fourth-order valence-electron chi connectivity index (χ4n) is 0.730. The predicted octanol–water partition coefficient (Wildman–Crippen LogP) is 3.22. The van der Waals surface area contributed by atoms with E-state index in [2.05, 4.69) is 0 Å². The second kappa shape index (κ2) is 3.51. The van der Waals surface area contributed by atoms with Gasteiger partial charge in [-0.05, 0) is 40.8 Å². The summed E-state index contributed by atoms with van der Waals surface area (Å²) >= 11 is 1.95. The van der Waals surface area contributed by atoms with E-state index in [9.17, 15) is 13.2 Å². The van der Waals surface area contributed by atoms with Gasteiger partial charge in [0, 0.05) is 9.26 Å². The molecule has 0 saturated heterocycles. The molecule has 0 heterocycles. The molecule has 0 amide bonds. The highest BCUT2D eigenvalue weighted by Gasteiger charge is 2.26. The smallest absolute Gasteiger partial charge is 0.297 e. The summed E-state index contributed by atoms with van der Waals surface area (Å²) in [5.74, 6) is 0. The third-order valence-corrected chi connectivity index (χ3v) is 1.78. The molecule has 0 aromatic heterocycles. The van der Waals surface area contributed by atoms with E-state index in [1.807, 2.05) is 22.6 Å². The molecule has 1 rings (SSSR count). The summed E-state index contributed by atoms with van der Waals surface area (Å²) in [6.07, 6.45) is -4.36. The van der Waals surface area contributed by atoms with Crippen LogP contribution in [0.3, 0.4) is 0 Å². The Kier molecular flexibility index (Phi) is 2.81. The Labute approximate surface area is 81.1 Å². The molecule has 0 radical (unpaired) electrons. The molecule has 0 spiro atoms. The van der Waals surface area contributed by atoms with Crippen LogP contribution in [-0.2, 0) is 0 Å². The van der Waals surface area contributed by atoms with Gasteiger partial charge in [-0.1, -0.05) is 6.07 Å². The van der Waals surface area contributed by atoms with Crippen molar-refractivity contribution in [3.8, 4) is 0 Å². The number of hydrogen-bond donors (Lipinski definition) is 1. The Morgan fingerprint density at radius 3 is 2.42 bits per heavy atom. The maximum absolute atomic E-state index is 11.8. The van der Waals surface area contributed by atoms with Crippen LogP contribution in [0.1, 0.15) is 0 Å². The Morgan fingerprint density at radius 1 is 1.25 bits per heavy atom. The molecule has 0 bridgehead atoms. The standard InChI is InChI=1S/C7H5F3IN/c8-7(9,10)12-6-3-1-2-5(11)4-6/h1-4,12H. The fourth-order valence-corrected chi connectivity index (χ4v) is 1.27. The van der Waals surface area contributed by atoms with Gasteiger partial charge in [0.2, 0.25) is 0 Å². The van der Waals surface area contributed by atoms with E-state index < -0.39 is 6.30 Å². The maximum Gasteiger partial charge on any atom is 0.482 e. The Bertz CT molecular complexity index is 272. The molecule has 0 aliphatic carbocycles. The summed E-state index contributed by atoms with van der Waals surface area (Å²) in [5.41, 5.74) is 0.0643. The van der Waals surface area contributed by atoms with E-state index in [1.54, 1.807) is 12.1 Å². The van der Waals surface area contributed by atoms with Gasteiger partial charge in [-0.2, -0.15) is 13.2 Å². The zero-order valence-electron chi connectivity index (χ0n) is 5.82. The molecular formula is C7H5F3IN. The zero-order valence-corrected chi connectivity index (χ0v) is 7.98. The van der Waals surface area contributed by atoms with Crippen LogP contribution in [0, 0.1) is 3.57 Å². The van der Waals surface area contributed by atoms with E-state index in [4.69, 9.17) is 0 Å². The van der Waals surface area contributed by atoms with Crippen LogP contribution in [0.5, 0.6) is 0 Å². The lowest BCUT2D eigenvalue weighted by Gasteiger charge is -2.09. The Balaban J connectivity index is 2.77. The molecule has 0 aliphatic heterocycles. The first-order chi connectivity index (χ1) is 5.47. The molecule has 0 fully saturated rings. The van der Waals surface area contributed by atoms with Crippen molar-refractivity contribution in [2.75, 3.05) is 5.32 Å². The lowest BCUT2D eigenvalue weighted by atomic mass is 10.3. The van der Waals surface area contributed by atoms with Gasteiger partial charge in [0.05, 0.1) is 0 Å². The topological polar surface area (TPSA) is 12.0 Å². The van der Waals surface area contributed by atoms with Crippen molar-refractivity contribution < 1.29 is 13.2 Å². The number of benzene rings is 1. The molecule has 0 atom stereocenters. The van der Waals surface area contributed by atoms with Crippen LogP contribution >= 0.6 is 22.6 Å². The van der Waals surface area contributed by atoms with E-state index >= 15 is 0 Å². The number of alkyl halides is 3. The highest BCUT2D eigenvalue weighted by Crippen LogP contribution is 2.20. The molecule has 0 saturated carbocycles. The molecular weight excluding hydrogens is 282 g/mol. The second-order valence-corrected chi connectivity index (χ2v) is 3.38. The van der Waals surface area contributed by atoms with Gasteiger partial charge >= 0.3 is 6.30 Å². The van der Waals surface area contributed by atoms with Crippen LogP contribution < -0.4 is 5.32 Å². The van der Waals surface area contributed by atoms with E-state index in [0.717, 1.165) is 3.57 Å². The average Bonchev–Trinajstić information content (AvgIpc) is 1.82. The van der Waals surface area contributed by atoms with Crippen molar-refractivity contribution in [3.05, 3.63) is 27.8 Å². The van der Waals surface area contributed by atoms with Crippen molar-refractivity contribution >= 4 is 28.3 Å². The van der Waals surface area contributed by atoms with E-state index in [1.165, 1.54) is 17.4 Å². The largest absolute Gasteiger partial charge is 0.482 e. The molecule has 66 valence electrons. The molecule has 0 aliphatic rings. The van der Waals surface area contributed by atoms with E-state index in [-0.39, 0.29) is 5.69 Å². The first kappa shape index (κ1) is 9.63. The van der Waals surface area contributed by atoms with Gasteiger partial charge in [-0.25, -0.2) is 0 Å². The summed E-state index contributed by atoms with van der Waals surface area (Å²) in [6, 6.07) is 6.08.